The fourth-order valence-electron chi connectivity index (χ4n) is 4.38. The summed E-state index contributed by atoms with van der Waals surface area (Å²) in [6.07, 6.45) is -0.378. The molecule has 1 atom stereocenters. The van der Waals surface area contributed by atoms with Gasteiger partial charge in [-0.05, 0) is 57.5 Å². The van der Waals surface area contributed by atoms with Crippen molar-refractivity contribution in [3.63, 3.8) is 0 Å². The molecule has 2 aromatic rings. The zero-order chi connectivity index (χ0) is 23.7. The maximum absolute atomic E-state index is 13.1. The quantitative estimate of drug-likeness (QED) is 0.402. The first kappa shape index (κ1) is 24.2. The van der Waals surface area contributed by atoms with Crippen molar-refractivity contribution in [3.8, 4) is 5.75 Å². The minimum Gasteiger partial charge on any atom is -0.405 e. The first-order valence-electron chi connectivity index (χ1n) is 10.8. The number of anilines is 1. The Hall–Kier alpha value is -2.47. The van der Waals surface area contributed by atoms with Crippen LogP contribution >= 0.6 is 11.6 Å². The van der Waals surface area contributed by atoms with Crippen LogP contribution in [0.3, 0.4) is 0 Å². The van der Waals surface area contributed by atoms with Crippen LogP contribution in [0.4, 0.5) is 24.5 Å². The summed E-state index contributed by atoms with van der Waals surface area (Å²) in [5.41, 5.74) is 3.89. The normalized spacial score (nSPS) is 18.4. The van der Waals surface area contributed by atoms with E-state index >= 15 is 0 Å². The molecule has 1 unspecified atom stereocenters. The molecule has 172 valence electrons. The van der Waals surface area contributed by atoms with Crippen molar-refractivity contribution >= 4 is 34.8 Å². The van der Waals surface area contributed by atoms with Crippen LogP contribution in [-0.2, 0) is 5.41 Å². The van der Waals surface area contributed by atoms with Crippen LogP contribution in [0, 0.1) is 0 Å². The van der Waals surface area contributed by atoms with Crippen molar-refractivity contribution in [3.05, 3.63) is 58.6 Å². The lowest BCUT2D eigenvalue weighted by atomic mass is 9.77. The van der Waals surface area contributed by atoms with Crippen LogP contribution in [0.2, 0.25) is 5.02 Å². The number of allylic oxidation sites excluding steroid dienone is 1. The predicted octanol–water partition coefficient (Wildman–Crippen LogP) is 7.19. The second kappa shape index (κ2) is 9.18. The fourth-order valence-corrected chi connectivity index (χ4v) is 4.55. The molecular weight excluding hydrogens is 437 g/mol. The van der Waals surface area contributed by atoms with Gasteiger partial charge in [-0.15, -0.1) is 13.2 Å². The SMILES string of the molecule is CCN(CC)c1ccc(/C=C/C2=[N+](C)c3ccc(Cl)cc3C2(C)CC)c(OC(F)(F)F)c1. The predicted molar refractivity (Wildman–Crippen MR) is 126 cm³/mol. The van der Waals surface area contributed by atoms with Gasteiger partial charge in [0.1, 0.15) is 12.8 Å². The molecule has 0 fully saturated rings. The third kappa shape index (κ3) is 4.65. The third-order valence-electron chi connectivity index (χ3n) is 6.32. The molecule has 0 aromatic heterocycles. The summed E-state index contributed by atoms with van der Waals surface area (Å²) >= 11 is 6.25. The molecule has 3 rings (SSSR count). The molecule has 7 heteroatoms. The lowest BCUT2D eigenvalue weighted by Crippen LogP contribution is -2.29. The van der Waals surface area contributed by atoms with Gasteiger partial charge in [0.25, 0.3) is 0 Å². The molecule has 0 aliphatic carbocycles. The number of benzene rings is 2. The number of fused-ring (bicyclic) bond motifs is 1. The molecule has 0 amide bonds. The minimum atomic E-state index is -4.77. The van der Waals surface area contributed by atoms with E-state index in [1.165, 1.54) is 6.07 Å². The molecule has 32 heavy (non-hydrogen) atoms. The molecule has 1 heterocycles. The van der Waals surface area contributed by atoms with E-state index in [9.17, 15) is 13.2 Å². The average Bonchev–Trinajstić information content (AvgIpc) is 2.94. The van der Waals surface area contributed by atoms with E-state index in [1.54, 1.807) is 12.1 Å². The van der Waals surface area contributed by atoms with Gasteiger partial charge in [-0.1, -0.05) is 18.5 Å². The lowest BCUT2D eigenvalue weighted by Gasteiger charge is -2.23. The highest BCUT2D eigenvalue weighted by atomic mass is 35.5. The summed E-state index contributed by atoms with van der Waals surface area (Å²) in [6.45, 7) is 9.52. The Bertz CT molecular complexity index is 1060. The summed E-state index contributed by atoms with van der Waals surface area (Å²) in [4.78, 5) is 1.98. The standard InChI is InChI=1S/C25H29ClF3N2O/c1-6-24(4)20-15-18(26)11-13-21(20)30(5)23(24)14-10-17-9-12-19(31(7-2)8-3)16-22(17)32-25(27,28)29/h9-16H,6-8H2,1-5H3/q+1. The molecule has 2 aromatic carbocycles. The second-order valence-electron chi connectivity index (χ2n) is 8.07. The molecule has 1 aliphatic heterocycles. The summed E-state index contributed by atoms with van der Waals surface area (Å²) in [5, 5.41) is 0.662. The van der Waals surface area contributed by atoms with E-state index < -0.39 is 6.36 Å². The Morgan fingerprint density at radius 1 is 1.06 bits per heavy atom. The number of ether oxygens (including phenoxy) is 1. The van der Waals surface area contributed by atoms with Gasteiger partial charge in [0.15, 0.2) is 5.71 Å². The number of rotatable bonds is 7. The van der Waals surface area contributed by atoms with Gasteiger partial charge in [-0.2, -0.15) is 4.58 Å². The second-order valence-corrected chi connectivity index (χ2v) is 8.50. The van der Waals surface area contributed by atoms with Crippen LogP contribution in [-0.4, -0.2) is 36.8 Å². The van der Waals surface area contributed by atoms with E-state index in [0.29, 0.717) is 29.4 Å². The van der Waals surface area contributed by atoms with E-state index in [1.807, 2.05) is 56.1 Å². The van der Waals surface area contributed by atoms with Crippen LogP contribution in [0.5, 0.6) is 5.75 Å². The zero-order valence-corrected chi connectivity index (χ0v) is 19.8. The number of nitrogens with zero attached hydrogens (tertiary/aromatic N) is 2. The Balaban J connectivity index is 2.05. The summed E-state index contributed by atoms with van der Waals surface area (Å²) in [6, 6.07) is 10.7. The van der Waals surface area contributed by atoms with Crippen LogP contribution in [0.15, 0.2) is 42.5 Å². The molecular formula is C25H29ClF3N2O+. The monoisotopic (exact) mass is 465 g/mol. The summed E-state index contributed by atoms with van der Waals surface area (Å²) < 4.78 is 45.9. The van der Waals surface area contributed by atoms with Gasteiger partial charge in [0.05, 0.1) is 5.41 Å². The Labute approximate surface area is 192 Å². The van der Waals surface area contributed by atoms with E-state index in [2.05, 4.69) is 23.2 Å². The molecule has 3 nitrogen and oxygen atoms in total. The lowest BCUT2D eigenvalue weighted by molar-refractivity contribution is -0.401. The number of hydrogen-bond acceptors (Lipinski definition) is 2. The highest BCUT2D eigenvalue weighted by Crippen LogP contribution is 2.43. The average molecular weight is 466 g/mol. The highest BCUT2D eigenvalue weighted by molar-refractivity contribution is 6.30. The smallest absolute Gasteiger partial charge is 0.405 e. The number of alkyl halides is 3. The fraction of sp³-hybridized carbons (Fsp3) is 0.400. The van der Waals surface area contributed by atoms with Gasteiger partial charge >= 0.3 is 6.36 Å². The Morgan fingerprint density at radius 2 is 1.75 bits per heavy atom. The van der Waals surface area contributed by atoms with E-state index in [0.717, 1.165) is 23.4 Å². The summed E-state index contributed by atoms with van der Waals surface area (Å²) in [7, 11) is 1.96. The van der Waals surface area contributed by atoms with Crippen molar-refractivity contribution in [1.29, 1.82) is 0 Å². The van der Waals surface area contributed by atoms with Gasteiger partial charge in [0.2, 0.25) is 5.69 Å². The van der Waals surface area contributed by atoms with Crippen molar-refractivity contribution in [2.45, 2.75) is 45.9 Å². The van der Waals surface area contributed by atoms with Gasteiger partial charge < -0.3 is 9.64 Å². The van der Waals surface area contributed by atoms with Crippen LogP contribution in [0.1, 0.15) is 45.2 Å². The van der Waals surface area contributed by atoms with Crippen molar-refractivity contribution < 1.29 is 22.5 Å². The van der Waals surface area contributed by atoms with E-state index in [4.69, 9.17) is 11.6 Å². The van der Waals surface area contributed by atoms with Gasteiger partial charge in [-0.25, -0.2) is 0 Å². The number of halogens is 4. The van der Waals surface area contributed by atoms with Gasteiger partial charge in [-0.3, -0.25) is 0 Å². The molecule has 0 spiro atoms. The Kier molecular flexibility index (Phi) is 6.94. The van der Waals surface area contributed by atoms with Crippen molar-refractivity contribution in [2.75, 3.05) is 25.0 Å². The Morgan fingerprint density at radius 3 is 2.34 bits per heavy atom. The first-order valence-corrected chi connectivity index (χ1v) is 11.2. The highest BCUT2D eigenvalue weighted by Gasteiger charge is 2.45. The zero-order valence-electron chi connectivity index (χ0n) is 19.1. The van der Waals surface area contributed by atoms with Crippen LogP contribution in [0.25, 0.3) is 6.08 Å². The molecule has 0 saturated carbocycles. The van der Waals surface area contributed by atoms with Crippen LogP contribution < -0.4 is 9.64 Å². The molecule has 0 bridgehead atoms. The minimum absolute atomic E-state index is 0.210. The summed E-state index contributed by atoms with van der Waals surface area (Å²) in [5.74, 6) is -0.210. The molecule has 0 radical (unpaired) electrons. The largest absolute Gasteiger partial charge is 0.573 e. The molecule has 0 saturated heterocycles. The maximum atomic E-state index is 13.1. The third-order valence-corrected chi connectivity index (χ3v) is 6.56. The molecule has 0 N–H and O–H groups in total. The first-order chi connectivity index (χ1) is 15.0. The topological polar surface area (TPSA) is 15.5 Å². The maximum Gasteiger partial charge on any atom is 0.573 e. The van der Waals surface area contributed by atoms with E-state index in [-0.39, 0.29) is 11.2 Å². The number of hydrogen-bond donors (Lipinski definition) is 0. The van der Waals surface area contributed by atoms with Crippen molar-refractivity contribution in [1.82, 2.24) is 0 Å². The van der Waals surface area contributed by atoms with Crippen molar-refractivity contribution in [2.24, 2.45) is 0 Å². The molecule has 1 aliphatic rings. The van der Waals surface area contributed by atoms with Gasteiger partial charge in [0, 0.05) is 53.1 Å².